The van der Waals surface area contributed by atoms with E-state index in [4.69, 9.17) is 16.3 Å². The number of aliphatic hydroxyl groups excluding tert-OH is 1. The van der Waals surface area contributed by atoms with E-state index in [9.17, 15) is 5.11 Å². The van der Waals surface area contributed by atoms with Crippen LogP contribution in [0.15, 0.2) is 54.6 Å². The van der Waals surface area contributed by atoms with Gasteiger partial charge in [0, 0.05) is 21.4 Å². The summed E-state index contributed by atoms with van der Waals surface area (Å²) in [5.74, 6) is 1.39. The number of rotatable bonds is 3. The maximum absolute atomic E-state index is 9.48. The molecule has 2 nitrogen and oxygen atoms in total. The molecule has 0 unspecified atom stereocenters. The first-order chi connectivity index (χ1) is 10.2. The molecular formula is C18H15ClO2. The Labute approximate surface area is 128 Å². The smallest absolute Gasteiger partial charge is 0.135 e. The highest BCUT2D eigenvalue weighted by molar-refractivity contribution is 6.35. The number of halogens is 1. The van der Waals surface area contributed by atoms with E-state index in [1.807, 2.05) is 61.5 Å². The summed E-state index contributed by atoms with van der Waals surface area (Å²) >= 11 is 6.22. The van der Waals surface area contributed by atoms with Gasteiger partial charge in [-0.15, -0.1) is 0 Å². The van der Waals surface area contributed by atoms with E-state index in [0.29, 0.717) is 10.8 Å². The summed E-state index contributed by atoms with van der Waals surface area (Å²) in [5, 5.41) is 12.1. The standard InChI is InChI=1S/C18H15ClO2/c1-12-6-8-17(13(10-12)11-20)21-18-9-7-16(19)14-4-2-3-5-15(14)18/h2-10,20H,11H2,1H3. The number of hydrogen-bond donors (Lipinski definition) is 1. The van der Waals surface area contributed by atoms with Gasteiger partial charge in [0.2, 0.25) is 0 Å². The van der Waals surface area contributed by atoms with Gasteiger partial charge in [0.1, 0.15) is 11.5 Å². The van der Waals surface area contributed by atoms with Gasteiger partial charge >= 0.3 is 0 Å². The largest absolute Gasteiger partial charge is 0.456 e. The first-order valence-corrected chi connectivity index (χ1v) is 7.12. The molecule has 0 aliphatic heterocycles. The number of aryl methyl sites for hydroxylation is 1. The lowest BCUT2D eigenvalue weighted by atomic mass is 10.1. The van der Waals surface area contributed by atoms with Gasteiger partial charge in [-0.3, -0.25) is 0 Å². The zero-order valence-electron chi connectivity index (χ0n) is 11.6. The Kier molecular flexibility index (Phi) is 3.82. The zero-order chi connectivity index (χ0) is 14.8. The molecule has 1 N–H and O–H groups in total. The van der Waals surface area contributed by atoms with E-state index in [1.54, 1.807) is 0 Å². The Hall–Kier alpha value is -2.03. The summed E-state index contributed by atoms with van der Waals surface area (Å²) in [6, 6.07) is 17.3. The molecule has 3 rings (SSSR count). The van der Waals surface area contributed by atoms with Crippen molar-refractivity contribution in [1.29, 1.82) is 0 Å². The zero-order valence-corrected chi connectivity index (χ0v) is 12.4. The Morgan fingerprint density at radius 2 is 1.67 bits per heavy atom. The lowest BCUT2D eigenvalue weighted by molar-refractivity contribution is 0.276. The van der Waals surface area contributed by atoms with Crippen LogP contribution in [-0.2, 0) is 6.61 Å². The quantitative estimate of drug-likeness (QED) is 0.730. The fraction of sp³-hybridized carbons (Fsp3) is 0.111. The summed E-state index contributed by atoms with van der Waals surface area (Å²) in [7, 11) is 0. The molecule has 3 aromatic rings. The van der Waals surface area contributed by atoms with Crippen molar-refractivity contribution in [3.8, 4) is 11.5 Å². The molecule has 0 atom stereocenters. The molecule has 0 aliphatic carbocycles. The van der Waals surface area contributed by atoms with Crippen LogP contribution in [0.1, 0.15) is 11.1 Å². The highest BCUT2D eigenvalue weighted by Gasteiger charge is 2.09. The average molecular weight is 299 g/mol. The topological polar surface area (TPSA) is 29.5 Å². The third-order valence-corrected chi connectivity index (χ3v) is 3.77. The predicted octanol–water partition coefficient (Wildman–Crippen LogP) is 5.09. The van der Waals surface area contributed by atoms with Gasteiger partial charge in [0.15, 0.2) is 0 Å². The van der Waals surface area contributed by atoms with E-state index in [1.165, 1.54) is 0 Å². The molecule has 106 valence electrons. The van der Waals surface area contributed by atoms with Crippen LogP contribution in [0.25, 0.3) is 10.8 Å². The number of fused-ring (bicyclic) bond motifs is 1. The van der Waals surface area contributed by atoms with E-state index in [0.717, 1.165) is 27.6 Å². The fourth-order valence-electron chi connectivity index (χ4n) is 2.37. The molecule has 0 aromatic heterocycles. The minimum atomic E-state index is -0.0530. The van der Waals surface area contributed by atoms with Gasteiger partial charge in [-0.1, -0.05) is 53.6 Å². The molecule has 3 heteroatoms. The molecular weight excluding hydrogens is 284 g/mol. The Morgan fingerprint density at radius 3 is 2.43 bits per heavy atom. The Morgan fingerprint density at radius 1 is 0.952 bits per heavy atom. The summed E-state index contributed by atoms with van der Waals surface area (Å²) in [4.78, 5) is 0. The van der Waals surface area contributed by atoms with Crippen molar-refractivity contribution in [3.05, 3.63) is 70.7 Å². The van der Waals surface area contributed by atoms with Gasteiger partial charge in [0.05, 0.1) is 6.61 Å². The number of ether oxygens (including phenoxy) is 1. The lowest BCUT2D eigenvalue weighted by Crippen LogP contribution is -1.93. The van der Waals surface area contributed by atoms with Crippen molar-refractivity contribution in [2.75, 3.05) is 0 Å². The molecule has 0 bridgehead atoms. The van der Waals surface area contributed by atoms with Crippen LogP contribution in [-0.4, -0.2) is 5.11 Å². The van der Waals surface area contributed by atoms with Gasteiger partial charge < -0.3 is 9.84 Å². The molecule has 0 amide bonds. The molecule has 21 heavy (non-hydrogen) atoms. The van der Waals surface area contributed by atoms with E-state index >= 15 is 0 Å². The molecule has 0 fully saturated rings. The second kappa shape index (κ2) is 5.76. The summed E-state index contributed by atoms with van der Waals surface area (Å²) in [5.41, 5.74) is 1.86. The van der Waals surface area contributed by atoms with E-state index in [2.05, 4.69) is 0 Å². The van der Waals surface area contributed by atoms with Gasteiger partial charge in [0.25, 0.3) is 0 Å². The molecule has 3 aromatic carbocycles. The fourth-order valence-corrected chi connectivity index (χ4v) is 2.60. The Bertz CT molecular complexity index is 796. The molecule has 0 saturated carbocycles. The number of hydrogen-bond acceptors (Lipinski definition) is 2. The third kappa shape index (κ3) is 2.73. The highest BCUT2D eigenvalue weighted by atomic mass is 35.5. The second-order valence-electron chi connectivity index (χ2n) is 4.96. The van der Waals surface area contributed by atoms with Gasteiger partial charge in [-0.2, -0.15) is 0 Å². The minimum absolute atomic E-state index is 0.0530. The third-order valence-electron chi connectivity index (χ3n) is 3.44. The van der Waals surface area contributed by atoms with Crippen molar-refractivity contribution in [2.24, 2.45) is 0 Å². The minimum Gasteiger partial charge on any atom is -0.456 e. The van der Waals surface area contributed by atoms with Crippen molar-refractivity contribution in [1.82, 2.24) is 0 Å². The monoisotopic (exact) mass is 298 g/mol. The predicted molar refractivity (Wildman–Crippen MR) is 86.1 cm³/mol. The molecule has 0 radical (unpaired) electrons. The first-order valence-electron chi connectivity index (χ1n) is 6.74. The maximum Gasteiger partial charge on any atom is 0.135 e. The molecule has 0 saturated heterocycles. The SMILES string of the molecule is Cc1ccc(Oc2ccc(Cl)c3ccccc23)c(CO)c1. The van der Waals surface area contributed by atoms with Crippen LogP contribution in [0, 0.1) is 6.92 Å². The van der Waals surface area contributed by atoms with Crippen molar-refractivity contribution < 1.29 is 9.84 Å². The summed E-state index contributed by atoms with van der Waals surface area (Å²) < 4.78 is 6.01. The van der Waals surface area contributed by atoms with Crippen molar-refractivity contribution in [2.45, 2.75) is 13.5 Å². The number of benzene rings is 3. The van der Waals surface area contributed by atoms with Crippen LogP contribution in [0.2, 0.25) is 5.02 Å². The van der Waals surface area contributed by atoms with E-state index in [-0.39, 0.29) is 6.61 Å². The number of aliphatic hydroxyl groups is 1. The highest BCUT2D eigenvalue weighted by Crippen LogP contribution is 2.35. The average Bonchev–Trinajstić information content (AvgIpc) is 2.52. The maximum atomic E-state index is 9.48. The first kappa shape index (κ1) is 13.9. The summed E-state index contributed by atoms with van der Waals surface area (Å²) in [6.45, 7) is 1.93. The van der Waals surface area contributed by atoms with Crippen LogP contribution in [0.5, 0.6) is 11.5 Å². The van der Waals surface area contributed by atoms with Crippen LogP contribution < -0.4 is 4.74 Å². The molecule has 0 aliphatic rings. The van der Waals surface area contributed by atoms with Crippen LogP contribution in [0.3, 0.4) is 0 Å². The molecule has 0 spiro atoms. The van der Waals surface area contributed by atoms with Gasteiger partial charge in [-0.05, 0) is 25.1 Å². The van der Waals surface area contributed by atoms with Crippen molar-refractivity contribution in [3.63, 3.8) is 0 Å². The van der Waals surface area contributed by atoms with E-state index < -0.39 is 0 Å². The van der Waals surface area contributed by atoms with Gasteiger partial charge in [-0.25, -0.2) is 0 Å². The normalized spacial score (nSPS) is 10.8. The van der Waals surface area contributed by atoms with Crippen LogP contribution >= 0.6 is 11.6 Å². The van der Waals surface area contributed by atoms with Crippen molar-refractivity contribution >= 4 is 22.4 Å². The van der Waals surface area contributed by atoms with Crippen LogP contribution in [0.4, 0.5) is 0 Å². The lowest BCUT2D eigenvalue weighted by Gasteiger charge is -2.13. The second-order valence-corrected chi connectivity index (χ2v) is 5.37. The summed E-state index contributed by atoms with van der Waals surface area (Å²) in [6.07, 6.45) is 0. The Balaban J connectivity index is 2.09. The molecule has 0 heterocycles.